The van der Waals surface area contributed by atoms with Crippen LogP contribution in [0.15, 0.2) is 36.9 Å². The summed E-state index contributed by atoms with van der Waals surface area (Å²) >= 11 is 0. The Morgan fingerprint density at radius 1 is 1.11 bits per heavy atom. The summed E-state index contributed by atoms with van der Waals surface area (Å²) in [4.78, 5) is 6.09. The molecule has 0 amide bonds. The molecule has 0 unspecified atom stereocenters. The van der Waals surface area contributed by atoms with Crippen molar-refractivity contribution in [3.63, 3.8) is 0 Å². The molecule has 5 rings (SSSR count). The van der Waals surface area contributed by atoms with E-state index in [4.69, 9.17) is 0 Å². The zero-order valence-electron chi connectivity index (χ0n) is 21.4. The summed E-state index contributed by atoms with van der Waals surface area (Å²) in [5.74, 6) is 0.174. The molecule has 1 aromatic carbocycles. The van der Waals surface area contributed by atoms with E-state index in [-0.39, 0.29) is 43.0 Å². The highest BCUT2D eigenvalue weighted by Crippen LogP contribution is 2.45. The van der Waals surface area contributed by atoms with E-state index in [1.807, 2.05) is 27.0 Å². The van der Waals surface area contributed by atoms with Gasteiger partial charge in [-0.2, -0.15) is 23.5 Å². The molecule has 12 heteroatoms. The van der Waals surface area contributed by atoms with Crippen LogP contribution in [0.1, 0.15) is 50.6 Å². The maximum absolute atomic E-state index is 15.8. The number of anilines is 1. The maximum atomic E-state index is 15.8. The van der Waals surface area contributed by atoms with Gasteiger partial charge in [0, 0.05) is 61.9 Å². The van der Waals surface area contributed by atoms with Gasteiger partial charge in [0.15, 0.2) is 17.1 Å². The van der Waals surface area contributed by atoms with Gasteiger partial charge in [-0.05, 0) is 32.9 Å². The van der Waals surface area contributed by atoms with E-state index in [0.717, 1.165) is 6.07 Å². The Balaban J connectivity index is 1.61. The topological polar surface area (TPSA) is 88.4 Å². The first kappa shape index (κ1) is 25.6. The predicted molar refractivity (Wildman–Crippen MR) is 133 cm³/mol. The molecule has 198 valence electrons. The number of halogens is 4. The minimum Gasteiger partial charge on any atom is -0.370 e. The van der Waals surface area contributed by atoms with E-state index >= 15 is 4.39 Å². The molecule has 1 aliphatic heterocycles. The van der Waals surface area contributed by atoms with Gasteiger partial charge < -0.3 is 9.47 Å². The number of fused-ring (bicyclic) bond motifs is 1. The molecule has 3 aromatic heterocycles. The number of hydrogen-bond acceptors (Lipinski definition) is 6. The van der Waals surface area contributed by atoms with E-state index in [9.17, 15) is 18.4 Å². The Kier molecular flexibility index (Phi) is 5.93. The molecular formula is C26H26F4N8. The van der Waals surface area contributed by atoms with Crippen molar-refractivity contribution in [1.82, 2.24) is 29.5 Å². The van der Waals surface area contributed by atoms with Gasteiger partial charge in [0.05, 0.1) is 22.4 Å². The van der Waals surface area contributed by atoms with Gasteiger partial charge >= 0.3 is 6.18 Å². The van der Waals surface area contributed by atoms with Crippen molar-refractivity contribution in [3.8, 4) is 17.2 Å². The monoisotopic (exact) mass is 526 g/mol. The lowest BCUT2D eigenvalue weighted by molar-refractivity contribution is -0.137. The number of hydrogen-bond donors (Lipinski definition) is 0. The van der Waals surface area contributed by atoms with Gasteiger partial charge in [0.2, 0.25) is 0 Å². The summed E-state index contributed by atoms with van der Waals surface area (Å²) in [5.41, 5.74) is -2.02. The summed E-state index contributed by atoms with van der Waals surface area (Å²) in [7, 11) is 1.65. The van der Waals surface area contributed by atoms with Crippen LogP contribution in [-0.4, -0.2) is 42.6 Å². The van der Waals surface area contributed by atoms with Gasteiger partial charge in [-0.25, -0.2) is 9.37 Å². The minimum atomic E-state index is -4.73. The van der Waals surface area contributed by atoms with Crippen molar-refractivity contribution in [2.24, 2.45) is 7.05 Å². The minimum absolute atomic E-state index is 0.0181. The number of aryl methyl sites for hydroxylation is 1. The first-order valence-corrected chi connectivity index (χ1v) is 12.1. The number of alkyl halides is 4. The highest BCUT2D eigenvalue weighted by atomic mass is 19.4. The predicted octanol–water partition coefficient (Wildman–Crippen LogP) is 5.34. The summed E-state index contributed by atoms with van der Waals surface area (Å²) in [6, 6.07) is 5.85. The zero-order valence-corrected chi connectivity index (χ0v) is 21.4. The van der Waals surface area contributed by atoms with Crippen LogP contribution >= 0.6 is 0 Å². The van der Waals surface area contributed by atoms with Crippen LogP contribution in [0.3, 0.4) is 0 Å². The van der Waals surface area contributed by atoms with Crippen molar-refractivity contribution >= 4 is 16.7 Å². The van der Waals surface area contributed by atoms with Gasteiger partial charge in [-0.1, -0.05) is 6.07 Å². The average Bonchev–Trinajstić information content (AvgIpc) is 3.49. The third-order valence-electron chi connectivity index (χ3n) is 6.94. The second kappa shape index (κ2) is 8.79. The number of nitriles is 1. The van der Waals surface area contributed by atoms with Crippen molar-refractivity contribution in [1.29, 1.82) is 5.26 Å². The average molecular weight is 527 g/mol. The smallest absolute Gasteiger partial charge is 0.370 e. The van der Waals surface area contributed by atoms with Crippen LogP contribution in [0.25, 0.3) is 22.2 Å². The van der Waals surface area contributed by atoms with Crippen molar-refractivity contribution in [3.05, 3.63) is 53.9 Å². The maximum Gasteiger partial charge on any atom is 0.417 e. The van der Waals surface area contributed by atoms with Crippen molar-refractivity contribution < 1.29 is 17.6 Å². The number of benzene rings is 1. The third kappa shape index (κ3) is 4.36. The molecule has 0 saturated carbocycles. The summed E-state index contributed by atoms with van der Waals surface area (Å²) in [6.45, 7) is 6.16. The fourth-order valence-electron chi connectivity index (χ4n) is 4.91. The van der Waals surface area contributed by atoms with E-state index in [2.05, 4.69) is 20.3 Å². The number of piperidine rings is 1. The standard InChI is InChI=1S/C26H26F4N8/c1-24(2,3)38-14-17-11-16(13-32-22(17)35-38)18-5-6-20(26(28,29)30)19(12-31)21(18)37-9-7-25(27,8-10-37)23-34-33-15-36(23)4/h5-6,11,13-15H,7-10H2,1-4H3. The van der Waals surface area contributed by atoms with Crippen molar-refractivity contribution in [2.45, 2.75) is 51.0 Å². The van der Waals surface area contributed by atoms with Crippen LogP contribution in [0.2, 0.25) is 0 Å². The lowest BCUT2D eigenvalue weighted by atomic mass is 9.89. The first-order chi connectivity index (χ1) is 17.8. The molecule has 4 heterocycles. The molecule has 8 nitrogen and oxygen atoms in total. The zero-order chi connectivity index (χ0) is 27.5. The fraction of sp³-hybridized carbons (Fsp3) is 0.423. The number of rotatable bonds is 3. The van der Waals surface area contributed by atoms with Crippen LogP contribution in [0, 0.1) is 11.3 Å². The molecule has 0 aliphatic carbocycles. The Bertz CT molecular complexity index is 1550. The van der Waals surface area contributed by atoms with Crippen LogP contribution < -0.4 is 4.90 Å². The van der Waals surface area contributed by atoms with Gasteiger partial charge in [0.25, 0.3) is 0 Å². The molecular weight excluding hydrogens is 500 g/mol. The van der Waals surface area contributed by atoms with E-state index < -0.39 is 23.0 Å². The fourth-order valence-corrected chi connectivity index (χ4v) is 4.91. The number of pyridine rings is 1. The normalized spacial score (nSPS) is 16.1. The van der Waals surface area contributed by atoms with Crippen LogP contribution in [0.5, 0.6) is 0 Å². The van der Waals surface area contributed by atoms with Gasteiger partial charge in [-0.15, -0.1) is 10.2 Å². The Morgan fingerprint density at radius 3 is 2.39 bits per heavy atom. The van der Waals surface area contributed by atoms with E-state index in [1.54, 1.807) is 35.0 Å². The Labute approximate surface area is 216 Å². The molecule has 1 aliphatic rings. The highest BCUT2D eigenvalue weighted by molar-refractivity contribution is 5.88. The summed E-state index contributed by atoms with van der Waals surface area (Å²) in [6.07, 6.45) is 0.0172. The summed E-state index contributed by atoms with van der Waals surface area (Å²) in [5, 5.41) is 22.8. The van der Waals surface area contributed by atoms with E-state index in [0.29, 0.717) is 22.2 Å². The molecule has 38 heavy (non-hydrogen) atoms. The number of nitrogens with zero attached hydrogens (tertiary/aromatic N) is 8. The lowest BCUT2D eigenvalue weighted by Crippen LogP contribution is -2.42. The van der Waals surface area contributed by atoms with Crippen LogP contribution in [0.4, 0.5) is 23.2 Å². The van der Waals surface area contributed by atoms with Crippen molar-refractivity contribution in [2.75, 3.05) is 18.0 Å². The summed E-state index contributed by atoms with van der Waals surface area (Å²) < 4.78 is 60.9. The SMILES string of the molecule is Cn1cnnc1C1(F)CCN(c2c(-c3cnc4nn(C(C)(C)C)cc4c3)ccc(C(F)(F)F)c2C#N)CC1. The van der Waals surface area contributed by atoms with E-state index in [1.165, 1.54) is 17.0 Å². The molecule has 4 aromatic rings. The first-order valence-electron chi connectivity index (χ1n) is 12.1. The number of aromatic nitrogens is 6. The second-order valence-corrected chi connectivity index (χ2v) is 10.6. The molecule has 0 atom stereocenters. The quantitative estimate of drug-likeness (QED) is 0.335. The highest BCUT2D eigenvalue weighted by Gasteiger charge is 2.42. The Hall–Kier alpha value is -4.01. The molecule has 0 spiro atoms. The molecule has 0 N–H and O–H groups in total. The molecule has 0 bridgehead atoms. The van der Waals surface area contributed by atoms with Gasteiger partial charge in [0.1, 0.15) is 12.4 Å². The third-order valence-corrected chi connectivity index (χ3v) is 6.94. The lowest BCUT2D eigenvalue weighted by Gasteiger charge is -2.38. The Morgan fingerprint density at radius 2 is 1.82 bits per heavy atom. The molecule has 1 saturated heterocycles. The largest absolute Gasteiger partial charge is 0.417 e. The van der Waals surface area contributed by atoms with Crippen LogP contribution in [-0.2, 0) is 24.4 Å². The van der Waals surface area contributed by atoms with Gasteiger partial charge in [-0.3, -0.25) is 4.68 Å². The molecule has 0 radical (unpaired) electrons. The second-order valence-electron chi connectivity index (χ2n) is 10.6. The molecule has 1 fully saturated rings.